The van der Waals surface area contributed by atoms with Crippen LogP contribution in [-0.4, -0.2) is 98.8 Å². The third-order valence-corrected chi connectivity index (χ3v) is 6.17. The molecule has 3 amide bonds. The number of carboxylic acids is 1. The van der Waals surface area contributed by atoms with Gasteiger partial charge in [-0.2, -0.15) is 0 Å². The second-order valence-corrected chi connectivity index (χ2v) is 10.0. The smallest absolute Gasteiger partial charge is 0.305 e. The molecular formula is C26H43N5O9. The van der Waals surface area contributed by atoms with Gasteiger partial charge in [0.1, 0.15) is 18.2 Å². The van der Waals surface area contributed by atoms with E-state index in [-0.39, 0.29) is 12.3 Å². The van der Waals surface area contributed by atoms with Crippen molar-refractivity contribution < 1.29 is 44.7 Å². The van der Waals surface area contributed by atoms with E-state index in [1.165, 1.54) is 0 Å². The Morgan fingerprint density at radius 2 is 1.52 bits per heavy atom. The first-order valence-corrected chi connectivity index (χ1v) is 13.1. The summed E-state index contributed by atoms with van der Waals surface area (Å²) in [6.45, 7) is 3.07. The molecule has 0 saturated heterocycles. The molecule has 0 saturated carbocycles. The Kier molecular flexibility index (Phi) is 15.3. The molecule has 40 heavy (non-hydrogen) atoms. The summed E-state index contributed by atoms with van der Waals surface area (Å²) >= 11 is 0. The molecule has 1 aromatic carbocycles. The van der Waals surface area contributed by atoms with E-state index in [0.29, 0.717) is 24.9 Å². The molecule has 0 fully saturated rings. The van der Waals surface area contributed by atoms with Crippen LogP contribution in [0.4, 0.5) is 0 Å². The molecule has 12 N–H and O–H groups in total. The zero-order valence-electron chi connectivity index (χ0n) is 22.8. The largest absolute Gasteiger partial charge is 0.481 e. The van der Waals surface area contributed by atoms with E-state index in [0.717, 1.165) is 0 Å². The van der Waals surface area contributed by atoms with Gasteiger partial charge < -0.3 is 53.0 Å². The van der Waals surface area contributed by atoms with Crippen LogP contribution >= 0.6 is 0 Å². The minimum Gasteiger partial charge on any atom is -0.481 e. The molecule has 1 aromatic rings. The number of aliphatic carboxylic acids is 1. The van der Waals surface area contributed by atoms with E-state index in [1.807, 2.05) is 13.8 Å². The lowest BCUT2D eigenvalue weighted by molar-refractivity contribution is -0.145. The van der Waals surface area contributed by atoms with Crippen LogP contribution in [0.2, 0.25) is 0 Å². The Morgan fingerprint density at radius 3 is 2.05 bits per heavy atom. The van der Waals surface area contributed by atoms with Crippen molar-refractivity contribution in [3.8, 4) is 0 Å². The Bertz CT molecular complexity index is 950. The highest BCUT2D eigenvalue weighted by molar-refractivity contribution is 5.90. The first-order valence-electron chi connectivity index (χ1n) is 13.1. The van der Waals surface area contributed by atoms with Crippen LogP contribution in [0.1, 0.15) is 51.1 Å². The van der Waals surface area contributed by atoms with Gasteiger partial charge in [-0.05, 0) is 37.3 Å². The predicted octanol–water partition coefficient (Wildman–Crippen LogP) is -2.52. The fraction of sp³-hybridized carbons (Fsp3) is 0.615. The summed E-state index contributed by atoms with van der Waals surface area (Å²) < 4.78 is 0. The van der Waals surface area contributed by atoms with Crippen LogP contribution in [0.25, 0.3) is 0 Å². The number of hydrogen-bond acceptors (Lipinski definition) is 10. The van der Waals surface area contributed by atoms with Crippen molar-refractivity contribution in [3.63, 3.8) is 0 Å². The SMILES string of the molecule is CC(C)CC(NC(=O)C(N)CCCN)C(=O)NC(CO)C(O)C(O)C(O)C(=O)NC(CC(=O)O)c1ccccc1. The number of amides is 3. The number of benzene rings is 1. The van der Waals surface area contributed by atoms with Crippen LogP contribution in [0.15, 0.2) is 30.3 Å². The molecule has 226 valence electrons. The van der Waals surface area contributed by atoms with Gasteiger partial charge in [0.2, 0.25) is 11.8 Å². The number of hydrogen-bond donors (Lipinski definition) is 10. The third kappa shape index (κ3) is 11.5. The second kappa shape index (κ2) is 17.5. The summed E-state index contributed by atoms with van der Waals surface area (Å²) in [5.41, 5.74) is 11.7. The zero-order chi connectivity index (χ0) is 30.4. The fourth-order valence-corrected chi connectivity index (χ4v) is 3.92. The first kappa shape index (κ1) is 34.9. The van der Waals surface area contributed by atoms with Crippen molar-refractivity contribution in [3.05, 3.63) is 35.9 Å². The van der Waals surface area contributed by atoms with Gasteiger partial charge in [-0.25, -0.2) is 0 Å². The van der Waals surface area contributed by atoms with E-state index >= 15 is 0 Å². The van der Waals surface area contributed by atoms with Gasteiger partial charge in [-0.3, -0.25) is 19.2 Å². The third-order valence-electron chi connectivity index (χ3n) is 6.17. The maximum atomic E-state index is 13.0. The van der Waals surface area contributed by atoms with Gasteiger partial charge in [-0.1, -0.05) is 44.2 Å². The molecular weight excluding hydrogens is 526 g/mol. The molecule has 0 bridgehead atoms. The number of rotatable bonds is 18. The second-order valence-electron chi connectivity index (χ2n) is 10.0. The van der Waals surface area contributed by atoms with Gasteiger partial charge in [0, 0.05) is 0 Å². The monoisotopic (exact) mass is 569 g/mol. The normalized spacial score (nSPS) is 16.6. The lowest BCUT2D eigenvalue weighted by Crippen LogP contribution is -2.60. The van der Waals surface area contributed by atoms with E-state index < -0.39 is 79.2 Å². The number of nitrogens with two attached hydrogens (primary N) is 2. The number of nitrogens with one attached hydrogen (secondary N) is 3. The summed E-state index contributed by atoms with van der Waals surface area (Å²) in [6, 6.07) is 3.51. The molecule has 0 radical (unpaired) electrons. The van der Waals surface area contributed by atoms with Crippen molar-refractivity contribution in [2.24, 2.45) is 17.4 Å². The van der Waals surface area contributed by atoms with E-state index in [1.54, 1.807) is 30.3 Å². The highest BCUT2D eigenvalue weighted by Gasteiger charge is 2.37. The summed E-state index contributed by atoms with van der Waals surface area (Å²) in [5, 5.41) is 57.7. The van der Waals surface area contributed by atoms with E-state index in [2.05, 4.69) is 16.0 Å². The molecule has 14 nitrogen and oxygen atoms in total. The Labute approximate surface area is 233 Å². The lowest BCUT2D eigenvalue weighted by Gasteiger charge is -2.31. The number of aliphatic hydroxyl groups excluding tert-OH is 4. The van der Waals surface area contributed by atoms with E-state index in [4.69, 9.17) is 11.5 Å². The zero-order valence-corrected chi connectivity index (χ0v) is 22.8. The average Bonchev–Trinajstić information content (AvgIpc) is 2.92. The summed E-state index contributed by atoms with van der Waals surface area (Å²) in [7, 11) is 0. The standard InChI is InChI=1S/C26H43N5O9/c1-14(2)11-18(30-24(38)16(28)9-6-10-27)25(39)31-19(13-32)21(35)22(36)23(37)26(40)29-17(12-20(33)34)15-7-4-3-5-8-15/h3-5,7-8,14,16-19,21-23,32,35-37H,6,9-13,27-28H2,1-2H3,(H,29,40)(H,30,38)(H,31,39)(H,33,34). The minimum atomic E-state index is -2.24. The van der Waals surface area contributed by atoms with Crippen molar-refractivity contribution >= 4 is 23.7 Å². The maximum Gasteiger partial charge on any atom is 0.305 e. The van der Waals surface area contributed by atoms with Crippen molar-refractivity contribution in [1.82, 2.24) is 16.0 Å². The van der Waals surface area contributed by atoms with Crippen LogP contribution in [0, 0.1) is 5.92 Å². The van der Waals surface area contributed by atoms with Gasteiger partial charge in [0.05, 0.1) is 31.2 Å². The molecule has 1 rings (SSSR count). The Balaban J connectivity index is 2.93. The quantitative estimate of drug-likeness (QED) is 0.0882. The molecule has 0 aliphatic carbocycles. The van der Waals surface area contributed by atoms with E-state index in [9.17, 15) is 44.7 Å². The molecule has 7 atom stereocenters. The number of carboxylic acid groups (broad SMARTS) is 1. The molecule has 0 spiro atoms. The molecule has 14 heteroatoms. The minimum absolute atomic E-state index is 0.0479. The summed E-state index contributed by atoms with van der Waals surface area (Å²) in [6.07, 6.45) is -5.96. The molecule has 0 aliphatic rings. The Hall–Kier alpha value is -3.14. The molecule has 0 heterocycles. The molecule has 0 aromatic heterocycles. The average molecular weight is 570 g/mol. The summed E-state index contributed by atoms with van der Waals surface area (Å²) in [4.78, 5) is 49.3. The topological polar surface area (TPSA) is 258 Å². The first-order chi connectivity index (χ1) is 18.8. The van der Waals surface area contributed by atoms with Crippen LogP contribution in [0.3, 0.4) is 0 Å². The van der Waals surface area contributed by atoms with Gasteiger partial charge in [0.25, 0.3) is 5.91 Å². The van der Waals surface area contributed by atoms with Crippen LogP contribution in [0.5, 0.6) is 0 Å². The predicted molar refractivity (Wildman–Crippen MR) is 144 cm³/mol. The molecule has 7 unspecified atom stereocenters. The number of carbonyl (C=O) groups is 4. The van der Waals surface area contributed by atoms with Gasteiger partial charge >= 0.3 is 5.97 Å². The van der Waals surface area contributed by atoms with Crippen molar-refractivity contribution in [1.29, 1.82) is 0 Å². The summed E-state index contributed by atoms with van der Waals surface area (Å²) in [5.74, 6) is -3.83. The van der Waals surface area contributed by atoms with Crippen molar-refractivity contribution in [2.75, 3.05) is 13.2 Å². The highest BCUT2D eigenvalue weighted by Crippen LogP contribution is 2.18. The number of carbonyl (C=O) groups excluding carboxylic acids is 3. The van der Waals surface area contributed by atoms with Gasteiger partial charge in [0.15, 0.2) is 6.10 Å². The maximum absolute atomic E-state index is 13.0. The Morgan fingerprint density at radius 1 is 0.900 bits per heavy atom. The van der Waals surface area contributed by atoms with Gasteiger partial charge in [-0.15, -0.1) is 0 Å². The highest BCUT2D eigenvalue weighted by atomic mass is 16.4. The van der Waals surface area contributed by atoms with Crippen molar-refractivity contribution in [2.45, 2.75) is 82.0 Å². The van der Waals surface area contributed by atoms with Crippen LogP contribution < -0.4 is 27.4 Å². The fourth-order valence-electron chi connectivity index (χ4n) is 3.92. The number of aliphatic hydroxyl groups is 4. The lowest BCUT2D eigenvalue weighted by atomic mass is 9.98. The molecule has 0 aliphatic heterocycles. The van der Waals surface area contributed by atoms with Crippen LogP contribution in [-0.2, 0) is 19.2 Å².